The lowest BCUT2D eigenvalue weighted by Crippen LogP contribution is -2.48. The maximum absolute atomic E-state index is 9.99. The first-order valence-electron chi connectivity index (χ1n) is 8.43. The SMILES string of the molecule is C=CCCC(O)CN1CCN(c2cc(C3(C)CC3)[nH]n2)CC1. The normalized spacial score (nSPS) is 22.5. The van der Waals surface area contributed by atoms with Crippen LogP contribution in [0, 0.1) is 0 Å². The number of aliphatic hydroxyl groups excluding tert-OH is 1. The molecule has 1 aliphatic carbocycles. The van der Waals surface area contributed by atoms with E-state index >= 15 is 0 Å². The van der Waals surface area contributed by atoms with Gasteiger partial charge in [0.05, 0.1) is 6.10 Å². The molecule has 2 N–H and O–H groups in total. The van der Waals surface area contributed by atoms with Crippen LogP contribution in [0.1, 0.15) is 38.3 Å². The van der Waals surface area contributed by atoms with E-state index in [0.717, 1.165) is 51.4 Å². The van der Waals surface area contributed by atoms with E-state index in [1.807, 2.05) is 6.08 Å². The summed E-state index contributed by atoms with van der Waals surface area (Å²) in [6, 6.07) is 2.22. The van der Waals surface area contributed by atoms with Crippen LogP contribution in [-0.4, -0.2) is 59.0 Å². The molecule has 1 aliphatic heterocycles. The average molecular weight is 304 g/mol. The summed E-state index contributed by atoms with van der Waals surface area (Å²) in [7, 11) is 0. The molecule has 1 saturated carbocycles. The van der Waals surface area contributed by atoms with Crippen molar-refractivity contribution < 1.29 is 5.11 Å². The highest BCUT2D eigenvalue weighted by Gasteiger charge is 2.41. The van der Waals surface area contributed by atoms with Crippen LogP contribution in [0.5, 0.6) is 0 Å². The number of allylic oxidation sites excluding steroid dienone is 1. The number of β-amino-alcohol motifs (C(OH)–C–C–N with tert-alkyl or cyclic N) is 1. The van der Waals surface area contributed by atoms with Gasteiger partial charge in [0.1, 0.15) is 0 Å². The molecule has 3 rings (SSSR count). The van der Waals surface area contributed by atoms with E-state index < -0.39 is 0 Å². The van der Waals surface area contributed by atoms with E-state index in [-0.39, 0.29) is 6.10 Å². The lowest BCUT2D eigenvalue weighted by molar-refractivity contribution is 0.103. The van der Waals surface area contributed by atoms with E-state index in [2.05, 4.69) is 39.6 Å². The Kier molecular flexibility index (Phi) is 4.54. The van der Waals surface area contributed by atoms with Gasteiger partial charge < -0.3 is 10.0 Å². The Morgan fingerprint density at radius 1 is 1.41 bits per heavy atom. The largest absolute Gasteiger partial charge is 0.392 e. The van der Waals surface area contributed by atoms with Crippen LogP contribution in [-0.2, 0) is 5.41 Å². The molecule has 5 nitrogen and oxygen atoms in total. The number of hydrogen-bond acceptors (Lipinski definition) is 4. The van der Waals surface area contributed by atoms with Crippen LogP contribution in [0.4, 0.5) is 5.82 Å². The Hall–Kier alpha value is -1.33. The zero-order valence-electron chi connectivity index (χ0n) is 13.6. The Labute approximate surface area is 133 Å². The van der Waals surface area contributed by atoms with Crippen LogP contribution < -0.4 is 4.90 Å². The summed E-state index contributed by atoms with van der Waals surface area (Å²) in [5.41, 5.74) is 1.63. The first kappa shape index (κ1) is 15.6. The molecule has 2 heterocycles. The number of H-pyrrole nitrogens is 1. The van der Waals surface area contributed by atoms with Crippen LogP contribution in [0.2, 0.25) is 0 Å². The minimum atomic E-state index is -0.239. The second kappa shape index (κ2) is 6.42. The number of rotatable bonds is 7. The molecule has 0 radical (unpaired) electrons. The van der Waals surface area contributed by atoms with Gasteiger partial charge in [-0.2, -0.15) is 5.10 Å². The number of aromatic amines is 1. The molecule has 1 aromatic rings. The van der Waals surface area contributed by atoms with Crippen molar-refractivity contribution in [2.75, 3.05) is 37.6 Å². The molecule has 1 atom stereocenters. The summed E-state index contributed by atoms with van der Waals surface area (Å²) in [6.45, 7) is 10.7. The van der Waals surface area contributed by atoms with Gasteiger partial charge in [0, 0.05) is 49.9 Å². The van der Waals surface area contributed by atoms with Gasteiger partial charge in [0.2, 0.25) is 0 Å². The molecule has 1 saturated heterocycles. The summed E-state index contributed by atoms with van der Waals surface area (Å²) in [5, 5.41) is 17.7. The third kappa shape index (κ3) is 3.52. The van der Waals surface area contributed by atoms with E-state index in [0.29, 0.717) is 5.41 Å². The number of nitrogens with one attached hydrogen (secondary N) is 1. The van der Waals surface area contributed by atoms with Gasteiger partial charge in [-0.25, -0.2) is 0 Å². The van der Waals surface area contributed by atoms with Gasteiger partial charge in [-0.1, -0.05) is 13.0 Å². The Morgan fingerprint density at radius 3 is 2.77 bits per heavy atom. The van der Waals surface area contributed by atoms with E-state index in [9.17, 15) is 5.11 Å². The molecular formula is C17H28N4O. The number of hydrogen-bond donors (Lipinski definition) is 2. The molecule has 22 heavy (non-hydrogen) atoms. The lowest BCUT2D eigenvalue weighted by atomic mass is 10.1. The minimum absolute atomic E-state index is 0.239. The van der Waals surface area contributed by atoms with Gasteiger partial charge >= 0.3 is 0 Å². The first-order valence-corrected chi connectivity index (χ1v) is 8.43. The van der Waals surface area contributed by atoms with Crippen molar-refractivity contribution in [3.8, 4) is 0 Å². The van der Waals surface area contributed by atoms with Crippen molar-refractivity contribution in [1.29, 1.82) is 0 Å². The fourth-order valence-electron chi connectivity index (χ4n) is 3.10. The number of aliphatic hydroxyl groups is 1. The molecule has 0 bridgehead atoms. The smallest absolute Gasteiger partial charge is 0.150 e. The summed E-state index contributed by atoms with van der Waals surface area (Å²) in [4.78, 5) is 4.69. The standard InChI is InChI=1S/C17H28N4O/c1-3-4-5-14(22)13-20-8-10-21(11-9-20)16-12-15(18-19-16)17(2)6-7-17/h3,12,14,22H,1,4-11,13H2,2H3,(H,18,19). The number of aromatic nitrogens is 2. The van der Waals surface area contributed by atoms with Crippen molar-refractivity contribution in [2.45, 2.75) is 44.1 Å². The summed E-state index contributed by atoms with van der Waals surface area (Å²) in [6.07, 6.45) is 5.87. The fraction of sp³-hybridized carbons (Fsp3) is 0.706. The Morgan fingerprint density at radius 2 is 2.14 bits per heavy atom. The van der Waals surface area contributed by atoms with Crippen LogP contribution in [0.25, 0.3) is 0 Å². The van der Waals surface area contributed by atoms with Gasteiger partial charge in [0.25, 0.3) is 0 Å². The lowest BCUT2D eigenvalue weighted by Gasteiger charge is -2.35. The Bertz CT molecular complexity index is 501. The molecule has 1 aromatic heterocycles. The second-order valence-electron chi connectivity index (χ2n) is 7.01. The predicted molar refractivity (Wildman–Crippen MR) is 89.3 cm³/mol. The fourth-order valence-corrected chi connectivity index (χ4v) is 3.10. The summed E-state index contributed by atoms with van der Waals surface area (Å²) in [5.74, 6) is 1.08. The maximum atomic E-state index is 9.99. The highest BCUT2D eigenvalue weighted by molar-refractivity contribution is 5.43. The zero-order valence-corrected chi connectivity index (χ0v) is 13.6. The number of anilines is 1. The average Bonchev–Trinajstić information content (AvgIpc) is 3.08. The van der Waals surface area contributed by atoms with Gasteiger partial charge in [-0.15, -0.1) is 6.58 Å². The van der Waals surface area contributed by atoms with E-state index in [4.69, 9.17) is 0 Å². The molecule has 2 fully saturated rings. The highest BCUT2D eigenvalue weighted by Crippen LogP contribution is 2.47. The molecule has 0 spiro atoms. The predicted octanol–water partition coefficient (Wildman–Crippen LogP) is 1.91. The maximum Gasteiger partial charge on any atom is 0.150 e. The topological polar surface area (TPSA) is 55.4 Å². The quantitative estimate of drug-likeness (QED) is 0.756. The molecule has 2 aliphatic rings. The third-order valence-corrected chi connectivity index (χ3v) is 5.08. The second-order valence-corrected chi connectivity index (χ2v) is 7.01. The molecule has 1 unspecified atom stereocenters. The molecular weight excluding hydrogens is 276 g/mol. The van der Waals surface area contributed by atoms with Crippen molar-refractivity contribution in [3.63, 3.8) is 0 Å². The Balaban J connectivity index is 1.47. The van der Waals surface area contributed by atoms with Gasteiger partial charge in [-0.05, 0) is 25.7 Å². The van der Waals surface area contributed by atoms with Crippen molar-refractivity contribution in [2.24, 2.45) is 0 Å². The van der Waals surface area contributed by atoms with Gasteiger partial charge in [0.15, 0.2) is 5.82 Å². The van der Waals surface area contributed by atoms with Crippen LogP contribution >= 0.6 is 0 Å². The van der Waals surface area contributed by atoms with Crippen molar-refractivity contribution >= 4 is 5.82 Å². The number of piperazine rings is 1. The molecule has 0 aromatic carbocycles. The van der Waals surface area contributed by atoms with Crippen molar-refractivity contribution in [3.05, 3.63) is 24.4 Å². The monoisotopic (exact) mass is 304 g/mol. The summed E-state index contributed by atoms with van der Waals surface area (Å²) >= 11 is 0. The summed E-state index contributed by atoms with van der Waals surface area (Å²) < 4.78 is 0. The molecule has 5 heteroatoms. The van der Waals surface area contributed by atoms with Gasteiger partial charge in [-0.3, -0.25) is 10.00 Å². The van der Waals surface area contributed by atoms with Crippen LogP contribution in [0.15, 0.2) is 18.7 Å². The van der Waals surface area contributed by atoms with E-state index in [1.165, 1.54) is 18.5 Å². The highest BCUT2D eigenvalue weighted by atomic mass is 16.3. The van der Waals surface area contributed by atoms with Crippen LogP contribution in [0.3, 0.4) is 0 Å². The van der Waals surface area contributed by atoms with Crippen molar-refractivity contribution in [1.82, 2.24) is 15.1 Å². The minimum Gasteiger partial charge on any atom is -0.392 e. The first-order chi connectivity index (χ1) is 10.6. The molecule has 122 valence electrons. The molecule has 0 amide bonds. The van der Waals surface area contributed by atoms with E-state index in [1.54, 1.807) is 0 Å². The zero-order chi connectivity index (χ0) is 15.6. The number of nitrogens with zero attached hydrogens (tertiary/aromatic N) is 3. The third-order valence-electron chi connectivity index (χ3n) is 5.08.